The van der Waals surface area contributed by atoms with Crippen LogP contribution in [0.25, 0.3) is 0 Å². The van der Waals surface area contributed by atoms with Gasteiger partial charge >= 0.3 is 0 Å². The molecule has 3 rings (SSSR count). The third-order valence-corrected chi connectivity index (χ3v) is 4.20. The highest BCUT2D eigenvalue weighted by molar-refractivity contribution is 6.10. The third-order valence-electron chi connectivity index (χ3n) is 4.20. The van der Waals surface area contributed by atoms with E-state index in [9.17, 15) is 14.0 Å². The van der Waals surface area contributed by atoms with Crippen LogP contribution in [0.4, 0.5) is 15.8 Å². The predicted octanol–water partition coefficient (Wildman–Crippen LogP) is 2.93. The van der Waals surface area contributed by atoms with E-state index < -0.39 is 5.91 Å². The van der Waals surface area contributed by atoms with E-state index in [0.29, 0.717) is 16.9 Å². The Kier molecular flexibility index (Phi) is 6.18. The summed E-state index contributed by atoms with van der Waals surface area (Å²) in [6.07, 6.45) is 1.59. The van der Waals surface area contributed by atoms with Gasteiger partial charge in [0, 0.05) is 5.69 Å². The summed E-state index contributed by atoms with van der Waals surface area (Å²) in [5, 5.41) is 7.30. The molecule has 0 radical (unpaired) electrons. The van der Waals surface area contributed by atoms with E-state index in [2.05, 4.69) is 10.6 Å². The Hall–Kier alpha value is -3.45. The Bertz CT molecular complexity index is 940. The molecule has 0 spiro atoms. The van der Waals surface area contributed by atoms with Gasteiger partial charge in [-0.05, 0) is 55.5 Å². The molecule has 0 aliphatic rings. The molecule has 28 heavy (non-hydrogen) atoms. The van der Waals surface area contributed by atoms with Gasteiger partial charge in [-0.2, -0.15) is 0 Å². The lowest BCUT2D eigenvalue weighted by molar-refractivity contribution is -0.684. The summed E-state index contributed by atoms with van der Waals surface area (Å²) in [6, 6.07) is 15.8. The van der Waals surface area contributed by atoms with E-state index in [1.807, 2.05) is 18.3 Å². The van der Waals surface area contributed by atoms with Crippen LogP contribution < -0.4 is 16.0 Å². The Labute approximate surface area is 161 Å². The molecule has 0 fully saturated rings. The number of furan rings is 1. The number of quaternary nitrogens is 1. The Morgan fingerprint density at radius 3 is 2.50 bits per heavy atom. The predicted molar refractivity (Wildman–Crippen MR) is 103 cm³/mol. The SMILES string of the molecule is C[C@H]([NH2+]CC(=O)Nc1ccccc1C(=O)Nc1ccc(F)cc1)c1ccco1. The summed E-state index contributed by atoms with van der Waals surface area (Å²) in [7, 11) is 0. The van der Waals surface area contributed by atoms with Crippen LogP contribution in [0.3, 0.4) is 0 Å². The van der Waals surface area contributed by atoms with Gasteiger partial charge in [0.25, 0.3) is 11.8 Å². The summed E-state index contributed by atoms with van der Waals surface area (Å²) < 4.78 is 18.3. The molecule has 0 saturated carbocycles. The molecule has 1 heterocycles. The summed E-state index contributed by atoms with van der Waals surface area (Å²) in [5.41, 5.74) is 1.19. The third kappa shape index (κ3) is 5.05. The Morgan fingerprint density at radius 2 is 1.79 bits per heavy atom. The lowest BCUT2D eigenvalue weighted by Gasteiger charge is -2.12. The van der Waals surface area contributed by atoms with Crippen molar-refractivity contribution in [1.29, 1.82) is 0 Å². The summed E-state index contributed by atoms with van der Waals surface area (Å²) >= 11 is 0. The molecule has 7 heteroatoms. The van der Waals surface area contributed by atoms with Crippen LogP contribution in [0.2, 0.25) is 0 Å². The van der Waals surface area contributed by atoms with Crippen LogP contribution in [-0.4, -0.2) is 18.4 Å². The minimum Gasteiger partial charge on any atom is -0.463 e. The summed E-state index contributed by atoms with van der Waals surface area (Å²) in [6.45, 7) is 2.12. The standard InChI is InChI=1S/C21H20FN3O3/c1-14(19-7-4-12-28-19)23-13-20(26)25-18-6-3-2-5-17(18)21(27)24-16-10-8-15(22)9-11-16/h2-12,14,23H,13H2,1H3,(H,24,27)(H,25,26)/p+1/t14-/m0/s1. The van der Waals surface area contributed by atoms with Gasteiger partial charge in [-0.1, -0.05) is 12.1 Å². The summed E-state index contributed by atoms with van der Waals surface area (Å²) in [5.74, 6) is -0.228. The van der Waals surface area contributed by atoms with Crippen molar-refractivity contribution in [1.82, 2.24) is 0 Å². The number of benzene rings is 2. The van der Waals surface area contributed by atoms with Crippen molar-refractivity contribution in [2.75, 3.05) is 17.2 Å². The first-order chi connectivity index (χ1) is 13.5. The highest BCUT2D eigenvalue weighted by Gasteiger charge is 2.16. The van der Waals surface area contributed by atoms with E-state index in [-0.39, 0.29) is 24.3 Å². The second-order valence-corrected chi connectivity index (χ2v) is 6.30. The van der Waals surface area contributed by atoms with Crippen molar-refractivity contribution >= 4 is 23.2 Å². The Morgan fingerprint density at radius 1 is 1.04 bits per heavy atom. The number of halogens is 1. The van der Waals surface area contributed by atoms with Gasteiger partial charge in [0.15, 0.2) is 12.3 Å². The summed E-state index contributed by atoms with van der Waals surface area (Å²) in [4.78, 5) is 24.9. The largest absolute Gasteiger partial charge is 0.463 e. The Balaban J connectivity index is 1.62. The monoisotopic (exact) mass is 382 g/mol. The van der Waals surface area contributed by atoms with E-state index >= 15 is 0 Å². The normalized spacial score (nSPS) is 11.6. The molecule has 4 N–H and O–H groups in total. The number of hydrogen-bond donors (Lipinski definition) is 3. The molecule has 1 atom stereocenters. The molecule has 0 saturated heterocycles. The molecular weight excluding hydrogens is 361 g/mol. The first-order valence-corrected chi connectivity index (χ1v) is 8.85. The zero-order valence-electron chi connectivity index (χ0n) is 15.3. The number of carbonyl (C=O) groups excluding carboxylic acids is 2. The first-order valence-electron chi connectivity index (χ1n) is 8.85. The average molecular weight is 382 g/mol. The molecule has 3 aromatic rings. The minimum atomic E-state index is -0.393. The number of rotatable bonds is 7. The molecule has 1 aromatic heterocycles. The van der Waals surface area contributed by atoms with Gasteiger partial charge in [-0.15, -0.1) is 0 Å². The first kappa shape index (κ1) is 19.3. The molecule has 0 aliphatic heterocycles. The number of nitrogens with one attached hydrogen (secondary N) is 2. The smallest absolute Gasteiger partial charge is 0.279 e. The lowest BCUT2D eigenvalue weighted by Crippen LogP contribution is -2.86. The lowest BCUT2D eigenvalue weighted by atomic mass is 10.1. The number of hydrogen-bond acceptors (Lipinski definition) is 3. The molecule has 0 aliphatic carbocycles. The van der Waals surface area contributed by atoms with E-state index in [1.165, 1.54) is 24.3 Å². The number of carbonyl (C=O) groups is 2. The molecule has 0 unspecified atom stereocenters. The van der Waals surface area contributed by atoms with E-state index in [0.717, 1.165) is 5.76 Å². The topological polar surface area (TPSA) is 88.0 Å². The van der Waals surface area contributed by atoms with Crippen LogP contribution in [0.1, 0.15) is 29.1 Å². The number of nitrogens with two attached hydrogens (primary N) is 1. The maximum Gasteiger partial charge on any atom is 0.279 e. The van der Waals surface area contributed by atoms with Crippen molar-refractivity contribution in [3.8, 4) is 0 Å². The fourth-order valence-corrected chi connectivity index (χ4v) is 2.67. The average Bonchev–Trinajstić information content (AvgIpc) is 3.23. The quantitative estimate of drug-likeness (QED) is 0.587. The van der Waals surface area contributed by atoms with Gasteiger partial charge < -0.3 is 20.4 Å². The zero-order chi connectivity index (χ0) is 19.9. The fourth-order valence-electron chi connectivity index (χ4n) is 2.67. The molecule has 2 aromatic carbocycles. The highest BCUT2D eigenvalue weighted by Crippen LogP contribution is 2.17. The van der Waals surface area contributed by atoms with Crippen molar-refractivity contribution in [2.24, 2.45) is 0 Å². The van der Waals surface area contributed by atoms with Gasteiger partial charge in [-0.3, -0.25) is 9.59 Å². The van der Waals surface area contributed by atoms with Crippen LogP contribution in [0.15, 0.2) is 71.3 Å². The van der Waals surface area contributed by atoms with Crippen molar-refractivity contribution < 1.29 is 23.7 Å². The van der Waals surface area contributed by atoms with Crippen molar-refractivity contribution in [3.05, 3.63) is 84.1 Å². The maximum atomic E-state index is 13.0. The van der Waals surface area contributed by atoms with Gasteiger partial charge in [0.05, 0.1) is 17.5 Å². The molecule has 144 valence electrons. The van der Waals surface area contributed by atoms with Crippen molar-refractivity contribution in [3.63, 3.8) is 0 Å². The zero-order valence-corrected chi connectivity index (χ0v) is 15.3. The minimum absolute atomic E-state index is 0.00207. The molecular formula is C21H21FN3O3+. The van der Waals surface area contributed by atoms with E-state index in [4.69, 9.17) is 4.42 Å². The van der Waals surface area contributed by atoms with Gasteiger partial charge in [0.1, 0.15) is 11.9 Å². The van der Waals surface area contributed by atoms with Crippen LogP contribution in [-0.2, 0) is 4.79 Å². The van der Waals surface area contributed by atoms with Crippen LogP contribution in [0, 0.1) is 5.82 Å². The number of anilines is 2. The highest BCUT2D eigenvalue weighted by atomic mass is 19.1. The second kappa shape index (κ2) is 8.96. The number of amides is 2. The fraction of sp³-hybridized carbons (Fsp3) is 0.143. The number of para-hydroxylation sites is 1. The molecule has 0 bridgehead atoms. The maximum absolute atomic E-state index is 13.0. The van der Waals surface area contributed by atoms with Crippen LogP contribution >= 0.6 is 0 Å². The van der Waals surface area contributed by atoms with Gasteiger partial charge in [0.2, 0.25) is 0 Å². The van der Waals surface area contributed by atoms with E-state index in [1.54, 1.807) is 36.6 Å². The van der Waals surface area contributed by atoms with Crippen LogP contribution in [0.5, 0.6) is 0 Å². The van der Waals surface area contributed by atoms with Crippen molar-refractivity contribution in [2.45, 2.75) is 13.0 Å². The van der Waals surface area contributed by atoms with Gasteiger partial charge in [-0.25, -0.2) is 4.39 Å². The second-order valence-electron chi connectivity index (χ2n) is 6.30. The molecule has 2 amide bonds. The molecule has 6 nitrogen and oxygen atoms in total.